The van der Waals surface area contributed by atoms with E-state index in [1.807, 2.05) is 30.3 Å². The fourth-order valence-electron chi connectivity index (χ4n) is 4.17. The summed E-state index contributed by atoms with van der Waals surface area (Å²) in [7, 11) is 1.38. The number of aryl methyl sites for hydroxylation is 1. The van der Waals surface area contributed by atoms with Gasteiger partial charge in [-0.25, -0.2) is 0 Å². The van der Waals surface area contributed by atoms with Crippen molar-refractivity contribution < 1.29 is 24.5 Å². The van der Waals surface area contributed by atoms with Crippen LogP contribution in [0.3, 0.4) is 0 Å². The lowest BCUT2D eigenvalue weighted by Crippen LogP contribution is -2.31. The molecule has 1 aliphatic carbocycles. The van der Waals surface area contributed by atoms with E-state index in [1.165, 1.54) is 18.9 Å². The standard InChI is InChI=1S/C26H33ClO5S3/c1-26(2)24(30)18(23(25(26)31)34-14-6-13-33-15-21(29)32-3)11-9-16(28)10-12-20-22(27)17-7-4-5-8-19(17)35-20/h4-5,7-9,11,16,18,23-24,28,30H,6,10,12-15H2,1-3H3. The van der Waals surface area contributed by atoms with Crippen molar-refractivity contribution >= 4 is 68.3 Å². The van der Waals surface area contributed by atoms with Crippen LogP contribution in [0.25, 0.3) is 10.1 Å². The Morgan fingerprint density at radius 3 is 2.77 bits per heavy atom. The van der Waals surface area contributed by atoms with E-state index < -0.39 is 17.6 Å². The summed E-state index contributed by atoms with van der Waals surface area (Å²) in [5.41, 5.74) is -0.831. The van der Waals surface area contributed by atoms with Gasteiger partial charge in [0.1, 0.15) is 0 Å². The van der Waals surface area contributed by atoms with Crippen LogP contribution in [0.15, 0.2) is 36.4 Å². The van der Waals surface area contributed by atoms with Crippen LogP contribution in [0, 0.1) is 11.3 Å². The van der Waals surface area contributed by atoms with Crippen molar-refractivity contribution in [3.63, 3.8) is 0 Å². The Morgan fingerprint density at radius 2 is 2.06 bits per heavy atom. The maximum atomic E-state index is 13.0. The number of thiophene rings is 1. The Morgan fingerprint density at radius 1 is 1.31 bits per heavy atom. The van der Waals surface area contributed by atoms with Gasteiger partial charge in [-0.3, -0.25) is 9.59 Å². The molecular weight excluding hydrogens is 524 g/mol. The second kappa shape index (κ2) is 13.0. The smallest absolute Gasteiger partial charge is 0.315 e. The van der Waals surface area contributed by atoms with Gasteiger partial charge < -0.3 is 14.9 Å². The lowest BCUT2D eigenvalue weighted by atomic mass is 9.86. The summed E-state index contributed by atoms with van der Waals surface area (Å²) in [5, 5.41) is 22.9. The molecule has 192 valence electrons. The molecule has 1 aliphatic rings. The van der Waals surface area contributed by atoms with Gasteiger partial charge >= 0.3 is 5.97 Å². The number of halogens is 1. The number of hydrogen-bond acceptors (Lipinski definition) is 8. The van der Waals surface area contributed by atoms with Crippen LogP contribution in [0.1, 0.15) is 31.6 Å². The van der Waals surface area contributed by atoms with E-state index in [4.69, 9.17) is 11.6 Å². The van der Waals surface area contributed by atoms with E-state index in [0.29, 0.717) is 18.6 Å². The average Bonchev–Trinajstić information content (AvgIpc) is 3.25. The molecule has 1 heterocycles. The Balaban J connectivity index is 1.55. The van der Waals surface area contributed by atoms with Crippen molar-refractivity contribution in [2.75, 3.05) is 24.4 Å². The SMILES string of the molecule is COC(=O)CSCCCSC1C(=O)C(C)(C)C(O)C1C=CC(O)CCc1sc2ccccc2c1Cl. The number of esters is 1. The summed E-state index contributed by atoms with van der Waals surface area (Å²) in [6.07, 6.45) is 4.05. The van der Waals surface area contributed by atoms with Gasteiger partial charge in [-0.1, -0.05) is 55.8 Å². The monoisotopic (exact) mass is 556 g/mol. The number of ketones is 1. The number of thioether (sulfide) groups is 2. The second-order valence-corrected chi connectivity index (χ2v) is 13.1. The molecule has 9 heteroatoms. The third-order valence-corrected chi connectivity index (χ3v) is 10.6. The van der Waals surface area contributed by atoms with Crippen LogP contribution >= 0.6 is 46.5 Å². The van der Waals surface area contributed by atoms with Crippen molar-refractivity contribution in [2.45, 2.75) is 50.6 Å². The molecular formula is C26H33ClO5S3. The quantitative estimate of drug-likeness (QED) is 0.206. The van der Waals surface area contributed by atoms with Crippen molar-refractivity contribution in [3.05, 3.63) is 46.3 Å². The normalized spacial score (nSPS) is 22.8. The molecule has 0 saturated heterocycles. The zero-order chi connectivity index (χ0) is 25.6. The van der Waals surface area contributed by atoms with Gasteiger partial charge in [-0.05, 0) is 36.8 Å². The van der Waals surface area contributed by atoms with Gasteiger partial charge in [0.25, 0.3) is 0 Å². The Kier molecular flexibility index (Phi) is 10.6. The first-order valence-corrected chi connectivity index (χ1v) is 15.1. The maximum absolute atomic E-state index is 13.0. The predicted octanol–water partition coefficient (Wildman–Crippen LogP) is 5.39. The number of aliphatic hydroxyl groups is 2. The van der Waals surface area contributed by atoms with Crippen LogP contribution in [0.2, 0.25) is 5.02 Å². The van der Waals surface area contributed by atoms with Gasteiger partial charge in [0, 0.05) is 20.9 Å². The Labute approximate surface area is 224 Å². The fourth-order valence-corrected chi connectivity index (χ4v) is 8.15. The van der Waals surface area contributed by atoms with Crippen molar-refractivity contribution in [1.82, 2.24) is 0 Å². The van der Waals surface area contributed by atoms with Gasteiger partial charge in [-0.2, -0.15) is 11.8 Å². The topological polar surface area (TPSA) is 83.8 Å². The molecule has 2 aromatic rings. The van der Waals surface area contributed by atoms with Crippen molar-refractivity contribution in [1.29, 1.82) is 0 Å². The Bertz CT molecular complexity index is 1050. The molecule has 1 aromatic carbocycles. The molecule has 3 rings (SSSR count). The first-order chi connectivity index (χ1) is 16.7. The second-order valence-electron chi connectivity index (χ2n) is 9.21. The Hall–Kier alpha value is -1.03. The molecule has 0 spiro atoms. The summed E-state index contributed by atoms with van der Waals surface area (Å²) in [6.45, 7) is 3.57. The molecule has 0 bridgehead atoms. The van der Waals surface area contributed by atoms with Gasteiger partial charge in [0.15, 0.2) is 5.78 Å². The van der Waals surface area contributed by atoms with Crippen LogP contribution in [-0.2, 0) is 20.7 Å². The molecule has 0 radical (unpaired) electrons. The molecule has 1 aromatic heterocycles. The third kappa shape index (κ3) is 7.05. The van der Waals surface area contributed by atoms with Gasteiger partial charge in [0.2, 0.25) is 0 Å². The zero-order valence-electron chi connectivity index (χ0n) is 20.2. The maximum Gasteiger partial charge on any atom is 0.315 e. The third-order valence-electron chi connectivity index (χ3n) is 6.35. The molecule has 1 saturated carbocycles. The van der Waals surface area contributed by atoms with Crippen LogP contribution in [0.4, 0.5) is 0 Å². The minimum Gasteiger partial charge on any atom is -0.468 e. The first-order valence-electron chi connectivity index (χ1n) is 11.7. The average molecular weight is 557 g/mol. The fraction of sp³-hybridized carbons (Fsp3) is 0.538. The number of carbonyl (C=O) groups excluding carboxylic acids is 2. The molecule has 0 aliphatic heterocycles. The summed E-state index contributed by atoms with van der Waals surface area (Å²) in [6, 6.07) is 8.00. The minimum atomic E-state index is -0.831. The van der Waals surface area contributed by atoms with E-state index >= 15 is 0 Å². The molecule has 35 heavy (non-hydrogen) atoms. The predicted molar refractivity (Wildman–Crippen MR) is 149 cm³/mol. The molecule has 4 atom stereocenters. The largest absolute Gasteiger partial charge is 0.468 e. The summed E-state index contributed by atoms with van der Waals surface area (Å²) in [4.78, 5) is 25.3. The number of Topliss-reactive ketones (excluding diaryl/α,β-unsaturated/α-hetero) is 1. The number of fused-ring (bicyclic) bond motifs is 1. The summed E-state index contributed by atoms with van der Waals surface area (Å²) < 4.78 is 5.77. The summed E-state index contributed by atoms with van der Waals surface area (Å²) >= 11 is 11.2. The first kappa shape index (κ1) is 28.5. The molecule has 5 nitrogen and oxygen atoms in total. The van der Waals surface area contributed by atoms with E-state index in [-0.39, 0.29) is 22.9 Å². The number of aliphatic hydroxyl groups excluding tert-OH is 2. The number of rotatable bonds is 12. The molecule has 0 amide bonds. The molecule has 1 fully saturated rings. The number of benzene rings is 1. The lowest BCUT2D eigenvalue weighted by Gasteiger charge is -2.22. The lowest BCUT2D eigenvalue weighted by molar-refractivity contribution is -0.137. The number of hydrogen-bond donors (Lipinski definition) is 2. The van der Waals surface area contributed by atoms with Crippen molar-refractivity contribution in [2.24, 2.45) is 11.3 Å². The van der Waals surface area contributed by atoms with E-state index in [0.717, 1.165) is 37.9 Å². The summed E-state index contributed by atoms with van der Waals surface area (Å²) in [5.74, 6) is 1.33. The highest BCUT2D eigenvalue weighted by Gasteiger charge is 2.53. The van der Waals surface area contributed by atoms with Gasteiger partial charge in [-0.15, -0.1) is 23.1 Å². The number of carbonyl (C=O) groups is 2. The van der Waals surface area contributed by atoms with Crippen LogP contribution < -0.4 is 0 Å². The van der Waals surface area contributed by atoms with Crippen LogP contribution in [0.5, 0.6) is 0 Å². The van der Waals surface area contributed by atoms with Crippen molar-refractivity contribution in [3.8, 4) is 0 Å². The molecule has 4 unspecified atom stereocenters. The van der Waals surface area contributed by atoms with E-state index in [9.17, 15) is 19.8 Å². The highest BCUT2D eigenvalue weighted by atomic mass is 35.5. The highest BCUT2D eigenvalue weighted by Crippen LogP contribution is 2.45. The highest BCUT2D eigenvalue weighted by molar-refractivity contribution is 8.01. The number of ether oxygens (including phenoxy) is 1. The van der Waals surface area contributed by atoms with Crippen LogP contribution in [-0.4, -0.2) is 63.8 Å². The van der Waals surface area contributed by atoms with Gasteiger partial charge in [0.05, 0.1) is 40.8 Å². The van der Waals surface area contributed by atoms with E-state index in [2.05, 4.69) is 4.74 Å². The zero-order valence-corrected chi connectivity index (χ0v) is 23.4. The van der Waals surface area contributed by atoms with E-state index in [1.54, 1.807) is 43.0 Å². The molecule has 2 N–H and O–H groups in total. The number of methoxy groups -OCH3 is 1. The minimum absolute atomic E-state index is 0.0402.